The van der Waals surface area contributed by atoms with Crippen LogP contribution in [0.3, 0.4) is 0 Å². The van der Waals surface area contributed by atoms with E-state index in [9.17, 15) is 4.79 Å². The van der Waals surface area contributed by atoms with E-state index in [4.69, 9.17) is 4.74 Å². The average Bonchev–Trinajstić information content (AvgIpc) is 2.82. The molecule has 2 fully saturated rings. The normalized spacial score (nSPS) is 33.0. The SMILES string of the molecule is CC1CC(C)CC(NCC2CCN(C(=O)OC(C)(C)C)C2)C1. The molecule has 2 rings (SSSR count). The Balaban J connectivity index is 1.71. The van der Waals surface area contributed by atoms with Crippen LogP contribution in [-0.4, -0.2) is 42.3 Å². The summed E-state index contributed by atoms with van der Waals surface area (Å²) in [5, 5.41) is 3.75. The number of carbonyl (C=O) groups is 1. The van der Waals surface area contributed by atoms with Crippen molar-refractivity contribution in [3.8, 4) is 0 Å². The molecule has 0 aromatic rings. The first-order chi connectivity index (χ1) is 10.2. The fourth-order valence-electron chi connectivity index (χ4n) is 3.94. The van der Waals surface area contributed by atoms with Crippen LogP contribution in [0.1, 0.15) is 60.3 Å². The molecule has 0 radical (unpaired) electrons. The predicted octanol–water partition coefficient (Wildman–Crippen LogP) is 3.66. The highest BCUT2D eigenvalue weighted by Crippen LogP contribution is 2.29. The number of hydrogen-bond donors (Lipinski definition) is 1. The molecule has 128 valence electrons. The standard InChI is InChI=1S/C18H34N2O2/c1-13-8-14(2)10-16(9-13)19-11-15-6-7-20(12-15)17(21)22-18(3,4)5/h13-16,19H,6-12H2,1-5H3. The van der Waals surface area contributed by atoms with Crippen LogP contribution in [0.15, 0.2) is 0 Å². The Kier molecular flexibility index (Phi) is 5.76. The highest BCUT2D eigenvalue weighted by Gasteiger charge is 2.30. The zero-order chi connectivity index (χ0) is 16.3. The highest BCUT2D eigenvalue weighted by atomic mass is 16.6. The molecular formula is C18H34N2O2. The zero-order valence-corrected chi connectivity index (χ0v) is 15.0. The van der Waals surface area contributed by atoms with Crippen LogP contribution in [0.4, 0.5) is 4.79 Å². The molecule has 4 heteroatoms. The van der Waals surface area contributed by atoms with Crippen molar-refractivity contribution in [3.05, 3.63) is 0 Å². The van der Waals surface area contributed by atoms with E-state index in [1.54, 1.807) is 0 Å². The smallest absolute Gasteiger partial charge is 0.410 e. The minimum atomic E-state index is -0.401. The second-order valence-electron chi connectivity index (χ2n) is 8.60. The van der Waals surface area contributed by atoms with Crippen molar-refractivity contribution in [2.24, 2.45) is 17.8 Å². The maximum absolute atomic E-state index is 12.1. The van der Waals surface area contributed by atoms with Crippen LogP contribution in [0.5, 0.6) is 0 Å². The van der Waals surface area contributed by atoms with Gasteiger partial charge in [-0.3, -0.25) is 0 Å². The van der Waals surface area contributed by atoms with Crippen molar-refractivity contribution in [2.45, 2.75) is 71.9 Å². The van der Waals surface area contributed by atoms with Crippen molar-refractivity contribution < 1.29 is 9.53 Å². The van der Waals surface area contributed by atoms with Crippen LogP contribution >= 0.6 is 0 Å². The van der Waals surface area contributed by atoms with Crippen LogP contribution in [0.25, 0.3) is 0 Å². The third kappa shape index (κ3) is 5.45. The Morgan fingerprint density at radius 1 is 1.18 bits per heavy atom. The van der Waals surface area contributed by atoms with Crippen LogP contribution in [0.2, 0.25) is 0 Å². The van der Waals surface area contributed by atoms with Gasteiger partial charge in [0.15, 0.2) is 0 Å². The molecule has 1 amide bonds. The third-order valence-electron chi connectivity index (χ3n) is 4.81. The molecule has 2 aliphatic rings. The van der Waals surface area contributed by atoms with Gasteiger partial charge in [-0.1, -0.05) is 13.8 Å². The lowest BCUT2D eigenvalue weighted by molar-refractivity contribution is 0.0288. The average molecular weight is 310 g/mol. The predicted molar refractivity (Wildman–Crippen MR) is 89.9 cm³/mol. The third-order valence-corrected chi connectivity index (χ3v) is 4.81. The first-order valence-electron chi connectivity index (χ1n) is 8.94. The molecule has 1 saturated carbocycles. The number of carbonyl (C=O) groups excluding carboxylic acids is 1. The van der Waals surface area contributed by atoms with Gasteiger partial charge in [-0.15, -0.1) is 0 Å². The Morgan fingerprint density at radius 3 is 2.41 bits per heavy atom. The Morgan fingerprint density at radius 2 is 1.82 bits per heavy atom. The van der Waals surface area contributed by atoms with E-state index in [0.29, 0.717) is 12.0 Å². The van der Waals surface area contributed by atoms with Crippen molar-refractivity contribution in [1.82, 2.24) is 10.2 Å². The summed E-state index contributed by atoms with van der Waals surface area (Å²) in [6, 6.07) is 0.661. The van der Waals surface area contributed by atoms with Gasteiger partial charge >= 0.3 is 6.09 Å². The molecule has 0 spiro atoms. The molecule has 4 nitrogen and oxygen atoms in total. The number of rotatable bonds is 3. The molecular weight excluding hydrogens is 276 g/mol. The number of likely N-dealkylation sites (tertiary alicyclic amines) is 1. The van der Waals surface area contributed by atoms with E-state index < -0.39 is 5.60 Å². The second-order valence-corrected chi connectivity index (χ2v) is 8.60. The molecule has 3 atom stereocenters. The van der Waals surface area contributed by atoms with Gasteiger partial charge in [0.1, 0.15) is 5.60 Å². The van der Waals surface area contributed by atoms with Crippen LogP contribution < -0.4 is 5.32 Å². The van der Waals surface area contributed by atoms with Gasteiger partial charge in [-0.25, -0.2) is 4.79 Å². The summed E-state index contributed by atoms with van der Waals surface area (Å²) in [7, 11) is 0. The summed E-state index contributed by atoms with van der Waals surface area (Å²) in [6.45, 7) is 13.2. The van der Waals surface area contributed by atoms with E-state index in [2.05, 4.69) is 19.2 Å². The molecule has 0 bridgehead atoms. The second kappa shape index (κ2) is 7.20. The van der Waals surface area contributed by atoms with Gasteiger partial charge < -0.3 is 15.0 Å². The Bertz CT molecular complexity index is 368. The molecule has 0 aromatic heterocycles. The summed E-state index contributed by atoms with van der Waals surface area (Å²) in [4.78, 5) is 13.9. The number of ether oxygens (including phenoxy) is 1. The minimum absolute atomic E-state index is 0.157. The zero-order valence-electron chi connectivity index (χ0n) is 15.0. The van der Waals surface area contributed by atoms with Crippen molar-refractivity contribution in [1.29, 1.82) is 0 Å². The number of nitrogens with one attached hydrogen (secondary N) is 1. The van der Waals surface area contributed by atoms with E-state index in [1.165, 1.54) is 19.3 Å². The van der Waals surface area contributed by atoms with Crippen molar-refractivity contribution in [2.75, 3.05) is 19.6 Å². The van der Waals surface area contributed by atoms with Gasteiger partial charge in [-0.05, 0) is 70.8 Å². The maximum Gasteiger partial charge on any atom is 0.410 e. The monoisotopic (exact) mass is 310 g/mol. The maximum atomic E-state index is 12.1. The topological polar surface area (TPSA) is 41.6 Å². The quantitative estimate of drug-likeness (QED) is 0.865. The Hall–Kier alpha value is -0.770. The lowest BCUT2D eigenvalue weighted by atomic mass is 9.80. The van der Waals surface area contributed by atoms with E-state index in [-0.39, 0.29) is 6.09 Å². The minimum Gasteiger partial charge on any atom is -0.444 e. The fourth-order valence-corrected chi connectivity index (χ4v) is 3.94. The van der Waals surface area contributed by atoms with Gasteiger partial charge in [0.05, 0.1) is 0 Å². The highest BCUT2D eigenvalue weighted by molar-refractivity contribution is 5.68. The number of amides is 1. The molecule has 3 unspecified atom stereocenters. The summed E-state index contributed by atoms with van der Waals surface area (Å²) in [5.74, 6) is 2.24. The molecule has 1 N–H and O–H groups in total. The summed E-state index contributed by atoms with van der Waals surface area (Å²) >= 11 is 0. The number of nitrogens with zero attached hydrogens (tertiary/aromatic N) is 1. The molecule has 22 heavy (non-hydrogen) atoms. The fraction of sp³-hybridized carbons (Fsp3) is 0.944. The molecule has 1 saturated heterocycles. The number of hydrogen-bond acceptors (Lipinski definition) is 3. The Labute approximate surface area is 136 Å². The van der Waals surface area contributed by atoms with Crippen LogP contribution in [0, 0.1) is 17.8 Å². The lowest BCUT2D eigenvalue weighted by Gasteiger charge is -2.32. The van der Waals surface area contributed by atoms with Crippen molar-refractivity contribution >= 4 is 6.09 Å². The van der Waals surface area contributed by atoms with Gasteiger partial charge in [0.2, 0.25) is 0 Å². The molecule has 1 aliphatic carbocycles. The summed E-state index contributed by atoms with van der Waals surface area (Å²) < 4.78 is 5.46. The van der Waals surface area contributed by atoms with E-state index >= 15 is 0 Å². The summed E-state index contributed by atoms with van der Waals surface area (Å²) in [6.07, 6.45) is 4.90. The van der Waals surface area contributed by atoms with Gasteiger partial charge in [0, 0.05) is 19.1 Å². The van der Waals surface area contributed by atoms with E-state index in [1.807, 2.05) is 25.7 Å². The first-order valence-corrected chi connectivity index (χ1v) is 8.94. The van der Waals surface area contributed by atoms with E-state index in [0.717, 1.165) is 37.9 Å². The van der Waals surface area contributed by atoms with Crippen molar-refractivity contribution in [3.63, 3.8) is 0 Å². The lowest BCUT2D eigenvalue weighted by Crippen LogP contribution is -2.40. The molecule has 0 aromatic carbocycles. The largest absolute Gasteiger partial charge is 0.444 e. The van der Waals surface area contributed by atoms with Gasteiger partial charge in [-0.2, -0.15) is 0 Å². The molecule has 1 aliphatic heterocycles. The first kappa shape index (κ1) is 17.6. The summed E-state index contributed by atoms with van der Waals surface area (Å²) in [5.41, 5.74) is -0.401. The molecule has 1 heterocycles. The van der Waals surface area contributed by atoms with Gasteiger partial charge in [0.25, 0.3) is 0 Å². The van der Waals surface area contributed by atoms with Crippen LogP contribution in [-0.2, 0) is 4.74 Å².